The van der Waals surface area contributed by atoms with Crippen LogP contribution in [0, 0.1) is 15.2 Å². The van der Waals surface area contributed by atoms with Gasteiger partial charge in [0.15, 0.2) is 11.6 Å². The Kier molecular flexibility index (Phi) is 4.76. The average Bonchev–Trinajstić information content (AvgIpc) is 2.39. The molecule has 2 aromatic carbocycles. The summed E-state index contributed by atoms with van der Waals surface area (Å²) in [6.45, 7) is 0. The van der Waals surface area contributed by atoms with Gasteiger partial charge in [-0.3, -0.25) is 0 Å². The maximum absolute atomic E-state index is 13.9. The highest BCUT2D eigenvalue weighted by atomic mass is 127. The third-order valence-corrected chi connectivity index (χ3v) is 4.07. The van der Waals surface area contributed by atoms with Gasteiger partial charge in [-0.05, 0) is 59.5 Å². The van der Waals surface area contributed by atoms with Crippen LogP contribution in [0.5, 0.6) is 0 Å². The molecule has 0 spiro atoms. The summed E-state index contributed by atoms with van der Waals surface area (Å²) in [5.74, 6) is -1.69. The standard InChI is InChI=1S/C14H11ClF2IN/c1-19-14(9-3-2-4-11(16)13(9)17)10-7-8(15)5-6-12(10)18/h2-7,14,19H,1H3. The minimum absolute atomic E-state index is 0.266. The first-order valence-electron chi connectivity index (χ1n) is 5.60. The van der Waals surface area contributed by atoms with E-state index in [-0.39, 0.29) is 5.56 Å². The van der Waals surface area contributed by atoms with Crippen LogP contribution in [0.3, 0.4) is 0 Å². The first-order valence-corrected chi connectivity index (χ1v) is 7.06. The van der Waals surface area contributed by atoms with Crippen LogP contribution in [-0.4, -0.2) is 7.05 Å². The zero-order chi connectivity index (χ0) is 14.0. The Bertz CT molecular complexity index is 602. The molecule has 2 aromatic rings. The average molecular weight is 394 g/mol. The maximum atomic E-state index is 13.9. The Morgan fingerprint density at radius 1 is 1.16 bits per heavy atom. The molecule has 0 heterocycles. The van der Waals surface area contributed by atoms with Gasteiger partial charge in [-0.2, -0.15) is 0 Å². The largest absolute Gasteiger partial charge is 0.309 e. The van der Waals surface area contributed by atoms with E-state index in [2.05, 4.69) is 27.9 Å². The Labute approximate surface area is 129 Å². The summed E-state index contributed by atoms with van der Waals surface area (Å²) in [7, 11) is 1.70. The van der Waals surface area contributed by atoms with Crippen LogP contribution in [0.2, 0.25) is 5.02 Å². The molecule has 19 heavy (non-hydrogen) atoms. The summed E-state index contributed by atoms with van der Waals surface area (Å²) in [5, 5.41) is 3.56. The molecule has 0 amide bonds. The zero-order valence-electron chi connectivity index (χ0n) is 10.1. The van der Waals surface area contributed by atoms with Crippen LogP contribution in [0.4, 0.5) is 8.78 Å². The van der Waals surface area contributed by atoms with Gasteiger partial charge in [0, 0.05) is 14.2 Å². The molecule has 0 aromatic heterocycles. The Morgan fingerprint density at radius 2 is 1.89 bits per heavy atom. The number of hydrogen-bond acceptors (Lipinski definition) is 1. The van der Waals surface area contributed by atoms with Crippen molar-refractivity contribution in [2.45, 2.75) is 6.04 Å². The van der Waals surface area contributed by atoms with E-state index >= 15 is 0 Å². The van der Waals surface area contributed by atoms with Gasteiger partial charge in [-0.15, -0.1) is 0 Å². The summed E-state index contributed by atoms with van der Waals surface area (Å²) < 4.78 is 28.2. The van der Waals surface area contributed by atoms with Crippen molar-refractivity contribution in [1.29, 1.82) is 0 Å². The van der Waals surface area contributed by atoms with Crippen LogP contribution in [0.25, 0.3) is 0 Å². The van der Waals surface area contributed by atoms with Crippen molar-refractivity contribution in [1.82, 2.24) is 5.32 Å². The van der Waals surface area contributed by atoms with E-state index in [1.54, 1.807) is 25.2 Å². The highest BCUT2D eigenvalue weighted by Gasteiger charge is 2.20. The predicted molar refractivity (Wildman–Crippen MR) is 81.4 cm³/mol. The SMILES string of the molecule is CNC(c1cc(Cl)ccc1I)c1cccc(F)c1F. The molecule has 1 nitrogen and oxygen atoms in total. The van der Waals surface area contributed by atoms with Crippen LogP contribution < -0.4 is 5.32 Å². The fourth-order valence-corrected chi connectivity index (χ4v) is 2.79. The summed E-state index contributed by atoms with van der Waals surface area (Å²) in [6, 6.07) is 9.10. The molecule has 0 saturated heterocycles. The third kappa shape index (κ3) is 3.07. The monoisotopic (exact) mass is 393 g/mol. The van der Waals surface area contributed by atoms with Crippen molar-refractivity contribution in [3.8, 4) is 0 Å². The first kappa shape index (κ1) is 14.7. The molecule has 2 rings (SSSR count). The molecule has 1 unspecified atom stereocenters. The Hall–Kier alpha value is -0.720. The molecule has 0 fully saturated rings. The molecule has 0 aliphatic heterocycles. The van der Waals surface area contributed by atoms with Gasteiger partial charge in [0.05, 0.1) is 6.04 Å². The molecule has 100 valence electrons. The van der Waals surface area contributed by atoms with Crippen molar-refractivity contribution >= 4 is 34.2 Å². The minimum Gasteiger partial charge on any atom is -0.309 e. The van der Waals surface area contributed by atoms with Crippen molar-refractivity contribution in [2.24, 2.45) is 0 Å². The van der Waals surface area contributed by atoms with Crippen molar-refractivity contribution in [3.63, 3.8) is 0 Å². The summed E-state index contributed by atoms with van der Waals surface area (Å²) in [4.78, 5) is 0. The van der Waals surface area contributed by atoms with E-state index in [1.807, 2.05) is 6.07 Å². The lowest BCUT2D eigenvalue weighted by molar-refractivity contribution is 0.487. The maximum Gasteiger partial charge on any atom is 0.163 e. The molecular formula is C14H11ClF2IN. The lowest BCUT2D eigenvalue weighted by Gasteiger charge is -2.19. The van der Waals surface area contributed by atoms with E-state index in [9.17, 15) is 8.78 Å². The third-order valence-electron chi connectivity index (χ3n) is 2.85. The molecule has 0 saturated carbocycles. The molecule has 1 atom stereocenters. The Morgan fingerprint density at radius 3 is 2.58 bits per heavy atom. The van der Waals surface area contributed by atoms with Gasteiger partial charge in [0.2, 0.25) is 0 Å². The molecule has 0 bridgehead atoms. The van der Waals surface area contributed by atoms with E-state index in [0.717, 1.165) is 15.2 Å². The van der Waals surface area contributed by atoms with Gasteiger partial charge >= 0.3 is 0 Å². The van der Waals surface area contributed by atoms with Crippen molar-refractivity contribution < 1.29 is 8.78 Å². The predicted octanol–water partition coefficient (Wildman–Crippen LogP) is 4.53. The van der Waals surface area contributed by atoms with Gasteiger partial charge in [-0.1, -0.05) is 23.7 Å². The number of rotatable bonds is 3. The number of hydrogen-bond donors (Lipinski definition) is 1. The fourth-order valence-electron chi connectivity index (χ4n) is 1.96. The molecule has 5 heteroatoms. The van der Waals surface area contributed by atoms with E-state index in [1.165, 1.54) is 6.07 Å². The van der Waals surface area contributed by atoms with Crippen molar-refractivity contribution in [2.75, 3.05) is 7.05 Å². The highest BCUT2D eigenvalue weighted by Crippen LogP contribution is 2.30. The van der Waals surface area contributed by atoms with E-state index in [4.69, 9.17) is 11.6 Å². The van der Waals surface area contributed by atoms with Gasteiger partial charge in [0.25, 0.3) is 0 Å². The number of nitrogens with one attached hydrogen (secondary N) is 1. The minimum atomic E-state index is -0.852. The van der Waals surface area contributed by atoms with Crippen LogP contribution >= 0.6 is 34.2 Å². The molecular weight excluding hydrogens is 383 g/mol. The van der Waals surface area contributed by atoms with Crippen LogP contribution in [0.1, 0.15) is 17.2 Å². The normalized spacial score (nSPS) is 12.5. The number of benzene rings is 2. The first-order chi connectivity index (χ1) is 9.04. The van der Waals surface area contributed by atoms with Gasteiger partial charge in [0.1, 0.15) is 0 Å². The molecule has 1 N–H and O–H groups in total. The topological polar surface area (TPSA) is 12.0 Å². The summed E-state index contributed by atoms with van der Waals surface area (Å²) in [5.41, 5.74) is 1.09. The van der Waals surface area contributed by atoms with Crippen LogP contribution in [0.15, 0.2) is 36.4 Å². The van der Waals surface area contributed by atoms with Crippen molar-refractivity contribution in [3.05, 3.63) is 67.8 Å². The second-order valence-corrected chi connectivity index (χ2v) is 5.63. The fraction of sp³-hybridized carbons (Fsp3) is 0.143. The molecule has 0 aliphatic carbocycles. The smallest absolute Gasteiger partial charge is 0.163 e. The quantitative estimate of drug-likeness (QED) is 0.756. The second kappa shape index (κ2) is 6.15. The van der Waals surface area contributed by atoms with Gasteiger partial charge < -0.3 is 5.32 Å². The summed E-state index contributed by atoms with van der Waals surface area (Å²) in [6.07, 6.45) is 0. The van der Waals surface area contributed by atoms with Crippen LogP contribution in [-0.2, 0) is 0 Å². The van der Waals surface area contributed by atoms with Gasteiger partial charge in [-0.25, -0.2) is 8.78 Å². The number of halogens is 4. The second-order valence-electron chi connectivity index (χ2n) is 4.03. The molecule has 0 radical (unpaired) electrons. The molecule has 0 aliphatic rings. The van der Waals surface area contributed by atoms with E-state index < -0.39 is 17.7 Å². The van der Waals surface area contributed by atoms with E-state index in [0.29, 0.717) is 5.02 Å². The highest BCUT2D eigenvalue weighted by molar-refractivity contribution is 14.1. The lowest BCUT2D eigenvalue weighted by atomic mass is 9.98. The summed E-state index contributed by atoms with van der Waals surface area (Å²) >= 11 is 8.13. The lowest BCUT2D eigenvalue weighted by Crippen LogP contribution is -2.20. The zero-order valence-corrected chi connectivity index (χ0v) is 13.0. The Balaban J connectivity index is 2.56.